The van der Waals surface area contributed by atoms with Gasteiger partial charge in [-0.25, -0.2) is 0 Å². The van der Waals surface area contributed by atoms with Gasteiger partial charge >= 0.3 is 5.97 Å². The predicted molar refractivity (Wildman–Crippen MR) is 70.3 cm³/mol. The smallest absolute Gasteiger partial charge is 0.323 e. The Bertz CT molecular complexity index is 374. The van der Waals surface area contributed by atoms with Crippen LogP contribution in [0.25, 0.3) is 0 Å². The third-order valence-corrected chi connectivity index (χ3v) is 2.53. The molecule has 0 aromatic carbocycles. The Morgan fingerprint density at radius 2 is 2.28 bits per heavy atom. The van der Waals surface area contributed by atoms with Crippen LogP contribution in [0.2, 0.25) is 0 Å². The molecule has 102 valence electrons. The maximum atomic E-state index is 11.8. The highest BCUT2D eigenvalue weighted by atomic mass is 16.5. The van der Waals surface area contributed by atoms with Gasteiger partial charge in [-0.05, 0) is 26.3 Å². The molecule has 1 unspecified atom stereocenters. The van der Waals surface area contributed by atoms with Crippen LogP contribution in [-0.2, 0) is 16.1 Å². The molecular formula is C13H23N3O2. The molecule has 0 bridgehead atoms. The quantitative estimate of drug-likeness (QED) is 0.748. The van der Waals surface area contributed by atoms with Crippen LogP contribution >= 0.6 is 0 Å². The van der Waals surface area contributed by atoms with Crippen LogP contribution in [0.3, 0.4) is 0 Å². The van der Waals surface area contributed by atoms with Crippen LogP contribution in [-0.4, -0.2) is 34.4 Å². The Kier molecular flexibility index (Phi) is 5.85. The molecule has 0 spiro atoms. The average molecular weight is 253 g/mol. The summed E-state index contributed by atoms with van der Waals surface area (Å²) in [6.45, 7) is 8.93. The molecule has 0 aliphatic carbocycles. The van der Waals surface area contributed by atoms with Crippen LogP contribution in [0.4, 0.5) is 0 Å². The maximum Gasteiger partial charge on any atom is 0.323 e. The first kappa shape index (κ1) is 14.7. The monoisotopic (exact) mass is 253 g/mol. The molecule has 0 aliphatic rings. The summed E-state index contributed by atoms with van der Waals surface area (Å²) < 4.78 is 6.92. The largest absolute Gasteiger partial charge is 0.465 e. The van der Waals surface area contributed by atoms with Gasteiger partial charge in [0.1, 0.15) is 6.04 Å². The van der Waals surface area contributed by atoms with Gasteiger partial charge in [0, 0.05) is 18.8 Å². The van der Waals surface area contributed by atoms with Crippen molar-refractivity contribution in [3.8, 4) is 0 Å². The van der Waals surface area contributed by atoms with Gasteiger partial charge in [-0.15, -0.1) is 0 Å². The van der Waals surface area contributed by atoms with E-state index in [9.17, 15) is 4.79 Å². The summed E-state index contributed by atoms with van der Waals surface area (Å²) in [5.74, 6) is -0.185. The lowest BCUT2D eigenvalue weighted by Crippen LogP contribution is -2.42. The van der Waals surface area contributed by atoms with Gasteiger partial charge in [0.05, 0.1) is 12.3 Å². The van der Waals surface area contributed by atoms with Gasteiger partial charge in [0.25, 0.3) is 0 Å². The maximum absolute atomic E-state index is 11.8. The molecular weight excluding hydrogens is 230 g/mol. The molecule has 1 heterocycles. The van der Waals surface area contributed by atoms with Gasteiger partial charge in [-0.1, -0.05) is 13.8 Å². The van der Waals surface area contributed by atoms with Crippen LogP contribution in [0.15, 0.2) is 12.3 Å². The van der Waals surface area contributed by atoms with Gasteiger partial charge in [0.2, 0.25) is 0 Å². The van der Waals surface area contributed by atoms with Crippen LogP contribution in [0, 0.1) is 6.92 Å². The van der Waals surface area contributed by atoms with Gasteiger partial charge in [-0.3, -0.25) is 9.48 Å². The van der Waals surface area contributed by atoms with Crippen LogP contribution in [0.5, 0.6) is 0 Å². The van der Waals surface area contributed by atoms with E-state index >= 15 is 0 Å². The number of hydrogen-bond donors (Lipinski definition) is 1. The van der Waals surface area contributed by atoms with Gasteiger partial charge < -0.3 is 10.1 Å². The van der Waals surface area contributed by atoms with E-state index in [-0.39, 0.29) is 18.1 Å². The Morgan fingerprint density at radius 3 is 2.78 bits per heavy atom. The highest BCUT2D eigenvalue weighted by Crippen LogP contribution is 2.02. The summed E-state index contributed by atoms with van der Waals surface area (Å²) in [6, 6.07) is 1.93. The first-order valence-electron chi connectivity index (χ1n) is 6.45. The summed E-state index contributed by atoms with van der Waals surface area (Å²) in [4.78, 5) is 11.8. The van der Waals surface area contributed by atoms with Crippen molar-refractivity contribution in [3.63, 3.8) is 0 Å². The van der Waals surface area contributed by atoms with E-state index in [2.05, 4.69) is 10.4 Å². The molecule has 1 aromatic heterocycles. The number of carbonyl (C=O) groups excluding carboxylic acids is 1. The topological polar surface area (TPSA) is 56.2 Å². The Hall–Kier alpha value is -1.36. The summed E-state index contributed by atoms with van der Waals surface area (Å²) >= 11 is 0. The summed E-state index contributed by atoms with van der Waals surface area (Å²) in [7, 11) is 0. The minimum Gasteiger partial charge on any atom is -0.465 e. The number of esters is 1. The summed E-state index contributed by atoms with van der Waals surface area (Å²) in [5, 5.41) is 7.53. The van der Waals surface area contributed by atoms with Crippen molar-refractivity contribution in [1.29, 1.82) is 0 Å². The van der Waals surface area contributed by atoms with Crippen molar-refractivity contribution in [1.82, 2.24) is 15.1 Å². The van der Waals surface area contributed by atoms with E-state index in [1.54, 1.807) is 0 Å². The van der Waals surface area contributed by atoms with E-state index in [1.807, 2.05) is 44.6 Å². The van der Waals surface area contributed by atoms with Gasteiger partial charge in [0.15, 0.2) is 0 Å². The molecule has 1 atom stereocenters. The van der Waals surface area contributed by atoms with E-state index in [4.69, 9.17) is 4.74 Å². The number of carbonyl (C=O) groups is 1. The molecule has 0 fully saturated rings. The summed E-state index contributed by atoms with van der Waals surface area (Å²) in [6.07, 6.45) is 2.60. The number of aryl methyl sites for hydroxylation is 2. The minimum atomic E-state index is -0.269. The minimum absolute atomic E-state index is 0.185. The molecule has 5 heteroatoms. The second-order valence-electron chi connectivity index (χ2n) is 4.63. The molecule has 0 radical (unpaired) electrons. The van der Waals surface area contributed by atoms with Crippen molar-refractivity contribution in [2.45, 2.75) is 52.7 Å². The van der Waals surface area contributed by atoms with Crippen molar-refractivity contribution in [2.24, 2.45) is 0 Å². The molecule has 1 aromatic rings. The predicted octanol–water partition coefficient (Wildman–Crippen LogP) is 1.51. The third kappa shape index (κ3) is 4.87. The SMILES string of the molecule is CCOC(=O)C(CCn1ccc(C)n1)NC(C)C. The average Bonchev–Trinajstić information content (AvgIpc) is 2.70. The normalized spacial score (nSPS) is 12.7. The number of nitrogens with one attached hydrogen (secondary N) is 1. The van der Waals surface area contributed by atoms with Gasteiger partial charge in [-0.2, -0.15) is 5.10 Å². The third-order valence-electron chi connectivity index (χ3n) is 2.53. The number of ether oxygens (including phenoxy) is 1. The second-order valence-corrected chi connectivity index (χ2v) is 4.63. The fourth-order valence-electron chi connectivity index (χ4n) is 1.76. The number of rotatable bonds is 7. The zero-order valence-electron chi connectivity index (χ0n) is 11.6. The molecule has 0 saturated heterocycles. The zero-order valence-corrected chi connectivity index (χ0v) is 11.6. The number of nitrogens with zero attached hydrogens (tertiary/aromatic N) is 2. The molecule has 18 heavy (non-hydrogen) atoms. The first-order chi connectivity index (χ1) is 8.52. The Labute approximate surface area is 109 Å². The van der Waals surface area contributed by atoms with Crippen molar-refractivity contribution >= 4 is 5.97 Å². The van der Waals surface area contributed by atoms with Crippen molar-refractivity contribution < 1.29 is 9.53 Å². The molecule has 1 rings (SSSR count). The lowest BCUT2D eigenvalue weighted by atomic mass is 10.2. The standard InChI is InChI=1S/C13H23N3O2/c1-5-18-13(17)12(14-10(2)3)7-9-16-8-6-11(4)15-16/h6,8,10,12,14H,5,7,9H2,1-4H3. The van der Waals surface area contributed by atoms with E-state index < -0.39 is 0 Å². The first-order valence-corrected chi connectivity index (χ1v) is 6.45. The second kappa shape index (κ2) is 7.16. The summed E-state index contributed by atoms with van der Waals surface area (Å²) in [5.41, 5.74) is 0.986. The zero-order chi connectivity index (χ0) is 13.5. The van der Waals surface area contributed by atoms with E-state index in [0.29, 0.717) is 19.6 Å². The highest BCUT2D eigenvalue weighted by Gasteiger charge is 2.20. The fourth-order valence-corrected chi connectivity index (χ4v) is 1.76. The Balaban J connectivity index is 2.52. The Morgan fingerprint density at radius 1 is 1.56 bits per heavy atom. The number of aromatic nitrogens is 2. The molecule has 0 amide bonds. The van der Waals surface area contributed by atoms with Crippen LogP contribution < -0.4 is 5.32 Å². The lowest BCUT2D eigenvalue weighted by Gasteiger charge is -2.19. The lowest BCUT2D eigenvalue weighted by molar-refractivity contribution is -0.146. The molecule has 0 aliphatic heterocycles. The van der Waals surface area contributed by atoms with Crippen molar-refractivity contribution in [2.75, 3.05) is 6.61 Å². The molecule has 1 N–H and O–H groups in total. The van der Waals surface area contributed by atoms with E-state index in [0.717, 1.165) is 5.69 Å². The number of hydrogen-bond acceptors (Lipinski definition) is 4. The highest BCUT2D eigenvalue weighted by molar-refractivity contribution is 5.75. The van der Waals surface area contributed by atoms with Crippen LogP contribution in [0.1, 0.15) is 32.9 Å². The fraction of sp³-hybridized carbons (Fsp3) is 0.692. The molecule has 5 nitrogen and oxygen atoms in total. The van der Waals surface area contributed by atoms with E-state index in [1.165, 1.54) is 0 Å². The molecule has 0 saturated carbocycles. The van der Waals surface area contributed by atoms with Crippen molar-refractivity contribution in [3.05, 3.63) is 18.0 Å².